The summed E-state index contributed by atoms with van der Waals surface area (Å²) < 4.78 is 10.7. The van der Waals surface area contributed by atoms with E-state index >= 15 is 0 Å². The zero-order chi connectivity index (χ0) is 24.6. The number of halogens is 1. The quantitative estimate of drug-likeness (QED) is 0.480. The van der Waals surface area contributed by atoms with Crippen molar-refractivity contribution in [2.45, 2.75) is 39.4 Å². The Hall–Kier alpha value is -3.52. The monoisotopic (exact) mass is 472 g/mol. The van der Waals surface area contributed by atoms with E-state index in [0.717, 1.165) is 0 Å². The van der Waals surface area contributed by atoms with Crippen LogP contribution < -0.4 is 16.4 Å². The predicted molar refractivity (Wildman–Crippen MR) is 131 cm³/mol. The van der Waals surface area contributed by atoms with E-state index in [0.29, 0.717) is 21.8 Å². The van der Waals surface area contributed by atoms with Crippen molar-refractivity contribution in [2.75, 3.05) is 12.4 Å². The Morgan fingerprint density at radius 3 is 2.30 bits per heavy atom. The number of nitrogens with two attached hydrogens (primary N) is 1. The van der Waals surface area contributed by atoms with Crippen LogP contribution in [0.3, 0.4) is 0 Å². The standard InChI is InChI=1S/C24H29ClN4O4/c1-15(18-8-6-7-9-19(18)25)32-22(30)29-20(14-27-5)21(26)16-10-12-17(13-11-16)28-23(31)33-24(2,3)4/h6-15H,26H2,1-5H3,(H,28,31)(H,29,30)/b21-20+,27-14?/t15-/m1/s1. The maximum Gasteiger partial charge on any atom is 0.412 e. The zero-order valence-electron chi connectivity index (χ0n) is 19.3. The van der Waals surface area contributed by atoms with Gasteiger partial charge in [0.15, 0.2) is 0 Å². The van der Waals surface area contributed by atoms with E-state index in [1.165, 1.54) is 6.21 Å². The molecular weight excluding hydrogens is 444 g/mol. The second kappa shape index (κ2) is 11.4. The van der Waals surface area contributed by atoms with Crippen LogP contribution in [-0.4, -0.2) is 31.0 Å². The highest BCUT2D eigenvalue weighted by atomic mass is 35.5. The summed E-state index contributed by atoms with van der Waals surface area (Å²) in [4.78, 5) is 28.3. The summed E-state index contributed by atoms with van der Waals surface area (Å²) in [5, 5.41) is 5.77. The van der Waals surface area contributed by atoms with Crippen LogP contribution in [0, 0.1) is 0 Å². The Morgan fingerprint density at radius 1 is 1.09 bits per heavy atom. The largest absolute Gasteiger partial charge is 0.444 e. The lowest BCUT2D eigenvalue weighted by Gasteiger charge is -2.19. The lowest BCUT2D eigenvalue weighted by Crippen LogP contribution is -2.28. The summed E-state index contributed by atoms with van der Waals surface area (Å²) in [5.41, 5.74) is 8.02. The number of allylic oxidation sites excluding steroid dienone is 1. The molecule has 0 bridgehead atoms. The third-order valence-corrected chi connectivity index (χ3v) is 4.60. The van der Waals surface area contributed by atoms with Crippen LogP contribution in [0.15, 0.2) is 59.2 Å². The number of rotatable bonds is 6. The van der Waals surface area contributed by atoms with Gasteiger partial charge in [0.05, 0.1) is 11.4 Å². The molecule has 0 saturated heterocycles. The van der Waals surface area contributed by atoms with E-state index in [4.69, 9.17) is 26.8 Å². The topological polar surface area (TPSA) is 115 Å². The van der Waals surface area contributed by atoms with E-state index < -0.39 is 23.9 Å². The number of hydrogen-bond acceptors (Lipinski definition) is 6. The summed E-state index contributed by atoms with van der Waals surface area (Å²) in [7, 11) is 1.56. The number of hydrogen-bond donors (Lipinski definition) is 3. The number of amides is 2. The number of anilines is 1. The molecule has 0 radical (unpaired) electrons. The van der Waals surface area contributed by atoms with Gasteiger partial charge in [0.2, 0.25) is 0 Å². The summed E-state index contributed by atoms with van der Waals surface area (Å²) in [6.45, 7) is 7.07. The van der Waals surface area contributed by atoms with Crippen molar-refractivity contribution in [3.63, 3.8) is 0 Å². The van der Waals surface area contributed by atoms with Crippen LogP contribution in [0.25, 0.3) is 5.70 Å². The molecule has 2 rings (SSSR count). The highest BCUT2D eigenvalue weighted by Gasteiger charge is 2.17. The van der Waals surface area contributed by atoms with Gasteiger partial charge in [0.1, 0.15) is 11.7 Å². The molecule has 0 aliphatic heterocycles. The molecule has 0 aliphatic carbocycles. The first-order valence-corrected chi connectivity index (χ1v) is 10.6. The maximum atomic E-state index is 12.5. The highest BCUT2D eigenvalue weighted by Crippen LogP contribution is 2.25. The van der Waals surface area contributed by atoms with Gasteiger partial charge >= 0.3 is 12.2 Å². The van der Waals surface area contributed by atoms with Crippen LogP contribution in [0.5, 0.6) is 0 Å². The summed E-state index contributed by atoms with van der Waals surface area (Å²) in [6, 6.07) is 13.9. The van der Waals surface area contributed by atoms with Crippen molar-refractivity contribution in [2.24, 2.45) is 10.7 Å². The van der Waals surface area contributed by atoms with Gasteiger partial charge in [-0.25, -0.2) is 9.59 Å². The predicted octanol–water partition coefficient (Wildman–Crippen LogP) is 5.50. The van der Waals surface area contributed by atoms with Crippen LogP contribution in [0.1, 0.15) is 44.9 Å². The molecule has 9 heteroatoms. The minimum atomic E-state index is -0.705. The maximum absolute atomic E-state index is 12.5. The number of nitrogens with one attached hydrogen (secondary N) is 2. The first-order chi connectivity index (χ1) is 15.5. The van der Waals surface area contributed by atoms with E-state index in [9.17, 15) is 9.59 Å². The fourth-order valence-electron chi connectivity index (χ4n) is 2.78. The van der Waals surface area contributed by atoms with E-state index in [-0.39, 0.29) is 11.4 Å². The first-order valence-electron chi connectivity index (χ1n) is 10.2. The summed E-state index contributed by atoms with van der Waals surface area (Å²) >= 11 is 6.17. The van der Waals surface area contributed by atoms with Gasteiger partial charge in [-0.3, -0.25) is 15.6 Å². The molecule has 1 atom stereocenters. The lowest BCUT2D eigenvalue weighted by molar-refractivity contribution is 0.0635. The molecule has 0 fully saturated rings. The van der Waals surface area contributed by atoms with Crippen LogP contribution in [0.4, 0.5) is 15.3 Å². The number of carbonyl (C=O) groups excluding carboxylic acids is 2. The van der Waals surface area contributed by atoms with Crippen molar-refractivity contribution >= 4 is 41.4 Å². The fourth-order valence-corrected chi connectivity index (χ4v) is 3.07. The van der Waals surface area contributed by atoms with Gasteiger partial charge in [0, 0.05) is 29.5 Å². The number of ether oxygens (including phenoxy) is 2. The van der Waals surface area contributed by atoms with Gasteiger partial charge in [-0.1, -0.05) is 41.9 Å². The molecule has 0 unspecified atom stereocenters. The van der Waals surface area contributed by atoms with Crippen LogP contribution >= 0.6 is 11.6 Å². The molecule has 0 aromatic heterocycles. The number of carbonyl (C=O) groups is 2. The average Bonchev–Trinajstić information content (AvgIpc) is 2.72. The Bertz CT molecular complexity index is 1040. The molecule has 0 aliphatic rings. The molecule has 2 aromatic rings. The molecule has 0 spiro atoms. The zero-order valence-corrected chi connectivity index (χ0v) is 20.1. The smallest absolute Gasteiger partial charge is 0.412 e. The van der Waals surface area contributed by atoms with E-state index in [2.05, 4.69) is 15.6 Å². The Kier molecular flexibility index (Phi) is 8.87. The van der Waals surface area contributed by atoms with Crippen molar-refractivity contribution in [3.05, 3.63) is 70.4 Å². The van der Waals surface area contributed by atoms with Gasteiger partial charge in [0.25, 0.3) is 0 Å². The van der Waals surface area contributed by atoms with Gasteiger partial charge in [-0.2, -0.15) is 0 Å². The number of alkyl carbamates (subject to hydrolysis) is 1. The number of benzene rings is 2. The molecule has 2 aromatic carbocycles. The molecule has 176 valence electrons. The minimum absolute atomic E-state index is 0.265. The Labute approximate surface area is 198 Å². The fraction of sp³-hybridized carbons (Fsp3) is 0.292. The molecule has 0 saturated carbocycles. The van der Waals surface area contributed by atoms with Crippen LogP contribution in [-0.2, 0) is 9.47 Å². The number of nitrogens with zero attached hydrogens (tertiary/aromatic N) is 1. The molecule has 0 heterocycles. The van der Waals surface area contributed by atoms with Gasteiger partial charge < -0.3 is 15.2 Å². The SMILES string of the molecule is CN=C/C(NC(=O)O[C@H](C)c1ccccc1Cl)=C(\N)c1ccc(NC(=O)OC(C)(C)C)cc1. The third kappa shape index (κ3) is 8.16. The minimum Gasteiger partial charge on any atom is -0.444 e. The molecule has 2 amide bonds. The van der Waals surface area contributed by atoms with Crippen molar-refractivity contribution < 1.29 is 19.1 Å². The molecule has 33 heavy (non-hydrogen) atoms. The molecule has 4 N–H and O–H groups in total. The van der Waals surface area contributed by atoms with Crippen molar-refractivity contribution in [1.82, 2.24) is 5.32 Å². The highest BCUT2D eigenvalue weighted by molar-refractivity contribution is 6.31. The third-order valence-electron chi connectivity index (χ3n) is 4.25. The summed E-state index contributed by atoms with van der Waals surface area (Å²) in [6.07, 6.45) is -0.417. The number of aliphatic imine (C=N–C) groups is 1. The second-order valence-electron chi connectivity index (χ2n) is 8.11. The first kappa shape index (κ1) is 25.7. The average molecular weight is 473 g/mol. The Morgan fingerprint density at radius 2 is 1.73 bits per heavy atom. The lowest BCUT2D eigenvalue weighted by atomic mass is 10.1. The van der Waals surface area contributed by atoms with Crippen LogP contribution in [0.2, 0.25) is 5.02 Å². The Balaban J connectivity index is 2.12. The normalized spacial score (nSPS) is 13.2. The van der Waals surface area contributed by atoms with E-state index in [1.807, 2.05) is 6.07 Å². The van der Waals surface area contributed by atoms with Gasteiger partial charge in [-0.05, 0) is 51.5 Å². The van der Waals surface area contributed by atoms with E-state index in [1.54, 1.807) is 77.2 Å². The molecule has 8 nitrogen and oxygen atoms in total. The van der Waals surface area contributed by atoms with Crippen molar-refractivity contribution in [1.29, 1.82) is 0 Å². The molecular formula is C24H29ClN4O4. The van der Waals surface area contributed by atoms with Crippen molar-refractivity contribution in [3.8, 4) is 0 Å². The van der Waals surface area contributed by atoms with Gasteiger partial charge in [-0.15, -0.1) is 0 Å². The summed E-state index contributed by atoms with van der Waals surface area (Å²) in [5.74, 6) is 0. The second-order valence-corrected chi connectivity index (χ2v) is 8.52.